The van der Waals surface area contributed by atoms with Gasteiger partial charge in [-0.2, -0.15) is 0 Å². The highest BCUT2D eigenvalue weighted by atomic mass is 16.6. The molecule has 0 aromatic carbocycles. The minimum atomic E-state index is -0.765. The average Bonchev–Trinajstić information content (AvgIpc) is 2.88. The number of hydrogen-bond donors (Lipinski definition) is 1. The highest BCUT2D eigenvalue weighted by Crippen LogP contribution is 2.13. The molecule has 5 heteroatoms. The lowest BCUT2D eigenvalue weighted by atomic mass is 10.1. The summed E-state index contributed by atoms with van der Waals surface area (Å²) < 4.78 is 10.5. The van der Waals surface area contributed by atoms with E-state index in [4.69, 9.17) is 9.47 Å². The Hall–Kier alpha value is -1.36. The Morgan fingerprint density at radius 2 is 1.06 bits per heavy atom. The van der Waals surface area contributed by atoms with Gasteiger partial charge in [0, 0.05) is 12.8 Å². The first kappa shape index (κ1) is 34.6. The first-order valence-corrected chi connectivity index (χ1v) is 15.2. The number of aliphatic hydroxyl groups excluding tert-OH is 1. The van der Waals surface area contributed by atoms with Crippen LogP contribution >= 0.6 is 0 Å². The number of carbonyl (C=O) groups is 2. The van der Waals surface area contributed by atoms with E-state index in [2.05, 4.69) is 26.0 Å². The normalized spacial score (nSPS) is 12.2. The molecule has 0 unspecified atom stereocenters. The van der Waals surface area contributed by atoms with Gasteiger partial charge in [-0.25, -0.2) is 0 Å². The molecule has 0 amide bonds. The van der Waals surface area contributed by atoms with Crippen molar-refractivity contribution in [2.45, 2.75) is 161 Å². The maximum Gasteiger partial charge on any atom is 0.306 e. The Morgan fingerprint density at radius 3 is 1.58 bits per heavy atom. The minimum absolute atomic E-state index is 0.0646. The molecule has 0 aliphatic carbocycles. The van der Waals surface area contributed by atoms with Crippen LogP contribution in [0.2, 0.25) is 0 Å². The summed E-state index contributed by atoms with van der Waals surface area (Å²) in [5.74, 6) is -0.602. The Labute approximate surface area is 222 Å². The number of allylic oxidation sites excluding steroid dienone is 2. The zero-order chi connectivity index (χ0) is 26.5. The number of ether oxygens (including phenoxy) is 2. The van der Waals surface area contributed by atoms with Crippen LogP contribution in [0.4, 0.5) is 0 Å². The number of rotatable bonds is 27. The summed E-state index contributed by atoms with van der Waals surface area (Å²) in [6.45, 7) is 4.06. The van der Waals surface area contributed by atoms with Crippen molar-refractivity contribution in [1.82, 2.24) is 0 Å². The van der Waals surface area contributed by atoms with Crippen LogP contribution in [0.3, 0.4) is 0 Å². The molecule has 0 spiro atoms. The molecule has 212 valence electrons. The molecule has 0 aromatic heterocycles. The van der Waals surface area contributed by atoms with Crippen LogP contribution < -0.4 is 0 Å². The molecule has 0 radical (unpaired) electrons. The predicted octanol–water partition coefficient (Wildman–Crippen LogP) is 8.61. The highest BCUT2D eigenvalue weighted by molar-refractivity contribution is 5.70. The van der Waals surface area contributed by atoms with Crippen LogP contribution in [0.25, 0.3) is 0 Å². The van der Waals surface area contributed by atoms with E-state index in [0.717, 1.165) is 44.9 Å². The van der Waals surface area contributed by atoms with Crippen LogP contribution in [-0.4, -0.2) is 36.4 Å². The van der Waals surface area contributed by atoms with Crippen molar-refractivity contribution in [3.8, 4) is 0 Å². The second kappa shape index (κ2) is 28.2. The lowest BCUT2D eigenvalue weighted by Crippen LogP contribution is -2.28. The van der Waals surface area contributed by atoms with Gasteiger partial charge in [-0.3, -0.25) is 9.59 Å². The predicted molar refractivity (Wildman–Crippen MR) is 150 cm³/mol. The Balaban J connectivity index is 3.60. The maximum atomic E-state index is 12.0. The summed E-state index contributed by atoms with van der Waals surface area (Å²) in [4.78, 5) is 24.0. The summed E-state index contributed by atoms with van der Waals surface area (Å²) in [5, 5.41) is 9.45. The third kappa shape index (κ3) is 25.7. The van der Waals surface area contributed by atoms with Crippen LogP contribution in [0.1, 0.15) is 155 Å². The largest absolute Gasteiger partial charge is 0.462 e. The fourth-order valence-electron chi connectivity index (χ4n) is 4.18. The third-order valence-electron chi connectivity index (χ3n) is 6.56. The maximum absolute atomic E-state index is 12.0. The van der Waals surface area contributed by atoms with Crippen LogP contribution in [0.15, 0.2) is 12.2 Å². The van der Waals surface area contributed by atoms with E-state index in [-0.39, 0.29) is 25.2 Å². The Bertz CT molecular complexity index is 517. The second-order valence-corrected chi connectivity index (χ2v) is 10.2. The molecule has 5 nitrogen and oxygen atoms in total. The quantitative estimate of drug-likeness (QED) is 0.0680. The number of aliphatic hydroxyl groups is 1. The van der Waals surface area contributed by atoms with Gasteiger partial charge in [-0.05, 0) is 32.1 Å². The monoisotopic (exact) mass is 510 g/mol. The van der Waals surface area contributed by atoms with E-state index >= 15 is 0 Å². The van der Waals surface area contributed by atoms with E-state index < -0.39 is 6.10 Å². The molecule has 0 heterocycles. The lowest BCUT2D eigenvalue weighted by Gasteiger charge is -2.15. The molecule has 0 rings (SSSR count). The zero-order valence-electron chi connectivity index (χ0n) is 23.8. The molecule has 0 saturated carbocycles. The topological polar surface area (TPSA) is 72.8 Å². The van der Waals surface area contributed by atoms with E-state index in [1.165, 1.54) is 83.5 Å². The van der Waals surface area contributed by atoms with Crippen molar-refractivity contribution < 1.29 is 24.2 Å². The van der Waals surface area contributed by atoms with E-state index in [1.54, 1.807) is 0 Å². The number of esters is 2. The molecule has 0 saturated heterocycles. The van der Waals surface area contributed by atoms with E-state index in [9.17, 15) is 14.7 Å². The van der Waals surface area contributed by atoms with Gasteiger partial charge in [0.1, 0.15) is 6.61 Å². The molecule has 36 heavy (non-hydrogen) atoms. The number of hydrogen-bond acceptors (Lipinski definition) is 5. The smallest absolute Gasteiger partial charge is 0.306 e. The zero-order valence-corrected chi connectivity index (χ0v) is 23.8. The minimum Gasteiger partial charge on any atom is -0.462 e. The molecular weight excluding hydrogens is 452 g/mol. The van der Waals surface area contributed by atoms with Gasteiger partial charge in [0.25, 0.3) is 0 Å². The summed E-state index contributed by atoms with van der Waals surface area (Å²) in [6, 6.07) is 0. The van der Waals surface area contributed by atoms with Gasteiger partial charge >= 0.3 is 11.9 Å². The van der Waals surface area contributed by atoms with Gasteiger partial charge in [-0.1, -0.05) is 122 Å². The van der Waals surface area contributed by atoms with Gasteiger partial charge < -0.3 is 14.6 Å². The first-order chi connectivity index (χ1) is 17.6. The lowest BCUT2D eigenvalue weighted by molar-refractivity contribution is -0.161. The molecule has 0 aliphatic rings. The standard InChI is InChI=1S/C31H58O5/c1-3-5-7-9-11-13-15-17-19-21-23-25-30(33)35-28-29(27-32)36-31(34)26-24-22-20-18-16-14-12-10-8-6-4-2/h10,12,29,32H,3-9,11,13-28H2,1-2H3/t29-/m0/s1. The SMILES string of the molecule is CCCCC=CCCCCCCCC(=O)O[C@@H](CO)COC(=O)CCCCCCCCCCCCC. The van der Waals surface area contributed by atoms with Crippen molar-refractivity contribution in [3.63, 3.8) is 0 Å². The van der Waals surface area contributed by atoms with Crippen LogP contribution in [-0.2, 0) is 19.1 Å². The fraction of sp³-hybridized carbons (Fsp3) is 0.871. The molecule has 0 fully saturated rings. The average molecular weight is 511 g/mol. The fourth-order valence-corrected chi connectivity index (χ4v) is 4.18. The highest BCUT2D eigenvalue weighted by Gasteiger charge is 2.16. The van der Waals surface area contributed by atoms with Crippen molar-refractivity contribution in [3.05, 3.63) is 12.2 Å². The number of unbranched alkanes of at least 4 members (excludes halogenated alkanes) is 17. The van der Waals surface area contributed by atoms with Gasteiger partial charge in [0.05, 0.1) is 6.61 Å². The summed E-state index contributed by atoms with van der Waals surface area (Å²) in [7, 11) is 0. The summed E-state index contributed by atoms with van der Waals surface area (Å²) in [5.41, 5.74) is 0. The van der Waals surface area contributed by atoms with Crippen molar-refractivity contribution in [2.75, 3.05) is 13.2 Å². The van der Waals surface area contributed by atoms with Crippen molar-refractivity contribution in [1.29, 1.82) is 0 Å². The van der Waals surface area contributed by atoms with Crippen molar-refractivity contribution >= 4 is 11.9 Å². The van der Waals surface area contributed by atoms with Crippen molar-refractivity contribution in [2.24, 2.45) is 0 Å². The molecule has 1 atom stereocenters. The van der Waals surface area contributed by atoms with Gasteiger partial charge in [0.15, 0.2) is 6.10 Å². The van der Waals surface area contributed by atoms with Crippen LogP contribution in [0.5, 0.6) is 0 Å². The molecular formula is C31H58O5. The van der Waals surface area contributed by atoms with Gasteiger partial charge in [-0.15, -0.1) is 0 Å². The Morgan fingerprint density at radius 1 is 0.611 bits per heavy atom. The Kier molecular flexibility index (Phi) is 27.1. The summed E-state index contributed by atoms with van der Waals surface area (Å²) in [6.07, 6.45) is 28.3. The second-order valence-electron chi connectivity index (χ2n) is 10.2. The number of carbonyl (C=O) groups excluding carboxylic acids is 2. The first-order valence-electron chi connectivity index (χ1n) is 15.2. The van der Waals surface area contributed by atoms with E-state index in [1.807, 2.05) is 0 Å². The molecule has 1 N–H and O–H groups in total. The molecule has 0 aromatic rings. The molecule has 0 aliphatic heterocycles. The van der Waals surface area contributed by atoms with Gasteiger partial charge in [0.2, 0.25) is 0 Å². The van der Waals surface area contributed by atoms with E-state index in [0.29, 0.717) is 12.8 Å². The molecule has 0 bridgehead atoms. The third-order valence-corrected chi connectivity index (χ3v) is 6.56. The summed E-state index contributed by atoms with van der Waals surface area (Å²) >= 11 is 0. The van der Waals surface area contributed by atoms with Crippen LogP contribution in [0, 0.1) is 0 Å².